The SMILES string of the molecule is CCn1nc(C)c(Br)c1CSc1nc(N)c2ccsc2n1. The number of hydrogen-bond acceptors (Lipinski definition) is 6. The Morgan fingerprint density at radius 1 is 1.43 bits per heavy atom. The van der Waals surface area contributed by atoms with E-state index in [2.05, 4.69) is 37.9 Å². The number of aromatic nitrogens is 4. The number of nitrogen functional groups attached to an aromatic ring is 1. The summed E-state index contributed by atoms with van der Waals surface area (Å²) >= 11 is 6.76. The first-order chi connectivity index (χ1) is 10.1. The Morgan fingerprint density at radius 2 is 2.24 bits per heavy atom. The molecule has 21 heavy (non-hydrogen) atoms. The molecule has 8 heteroatoms. The summed E-state index contributed by atoms with van der Waals surface area (Å²) in [6.07, 6.45) is 0. The lowest BCUT2D eigenvalue weighted by atomic mass is 10.4. The molecule has 0 saturated heterocycles. The molecule has 0 spiro atoms. The van der Waals surface area contributed by atoms with Crippen molar-refractivity contribution in [2.24, 2.45) is 0 Å². The van der Waals surface area contributed by atoms with Crippen LogP contribution >= 0.6 is 39.0 Å². The fourth-order valence-electron chi connectivity index (χ4n) is 2.06. The van der Waals surface area contributed by atoms with E-state index in [-0.39, 0.29) is 0 Å². The molecule has 0 fully saturated rings. The molecule has 3 aromatic rings. The lowest BCUT2D eigenvalue weighted by molar-refractivity contribution is 0.631. The molecule has 110 valence electrons. The molecule has 0 radical (unpaired) electrons. The van der Waals surface area contributed by atoms with Crippen molar-refractivity contribution in [1.82, 2.24) is 19.7 Å². The third-order valence-corrected chi connectivity index (χ3v) is 5.82. The molecule has 0 aliphatic rings. The van der Waals surface area contributed by atoms with E-state index >= 15 is 0 Å². The van der Waals surface area contributed by atoms with Crippen molar-refractivity contribution < 1.29 is 0 Å². The Morgan fingerprint density at radius 3 is 3.00 bits per heavy atom. The Balaban J connectivity index is 1.86. The van der Waals surface area contributed by atoms with E-state index in [9.17, 15) is 0 Å². The summed E-state index contributed by atoms with van der Waals surface area (Å²) in [5, 5.41) is 8.11. The van der Waals surface area contributed by atoms with Crippen molar-refractivity contribution in [1.29, 1.82) is 0 Å². The van der Waals surface area contributed by atoms with Gasteiger partial charge in [-0.15, -0.1) is 11.3 Å². The molecule has 0 aliphatic heterocycles. The Kier molecular flexibility index (Phi) is 4.19. The predicted molar refractivity (Wildman–Crippen MR) is 91.7 cm³/mol. The lowest BCUT2D eigenvalue weighted by Gasteiger charge is -2.05. The predicted octanol–water partition coefficient (Wildman–Crippen LogP) is 3.85. The molecule has 0 aliphatic carbocycles. The number of nitrogens with zero attached hydrogens (tertiary/aromatic N) is 4. The largest absolute Gasteiger partial charge is 0.383 e. The molecule has 5 nitrogen and oxygen atoms in total. The van der Waals surface area contributed by atoms with Crippen molar-refractivity contribution >= 4 is 55.1 Å². The molecule has 0 bridgehead atoms. The molecule has 0 amide bonds. The van der Waals surface area contributed by atoms with Crippen LogP contribution in [-0.4, -0.2) is 19.7 Å². The molecule has 3 heterocycles. The molecule has 0 atom stereocenters. The van der Waals surface area contributed by atoms with Crippen molar-refractivity contribution in [3.05, 3.63) is 27.3 Å². The number of fused-ring (bicyclic) bond motifs is 1. The Labute approximate surface area is 139 Å². The highest BCUT2D eigenvalue weighted by atomic mass is 79.9. The van der Waals surface area contributed by atoms with E-state index in [4.69, 9.17) is 5.73 Å². The van der Waals surface area contributed by atoms with Crippen molar-refractivity contribution in [3.8, 4) is 0 Å². The minimum atomic E-state index is 0.544. The van der Waals surface area contributed by atoms with Crippen LogP contribution in [0.3, 0.4) is 0 Å². The number of halogens is 1. The monoisotopic (exact) mass is 383 g/mol. The molecule has 3 aromatic heterocycles. The van der Waals surface area contributed by atoms with Gasteiger partial charge in [-0.3, -0.25) is 4.68 Å². The van der Waals surface area contributed by atoms with Crippen LogP contribution in [0, 0.1) is 6.92 Å². The molecule has 0 saturated carbocycles. The molecule has 2 N–H and O–H groups in total. The van der Waals surface area contributed by atoms with Gasteiger partial charge in [0.05, 0.1) is 21.2 Å². The van der Waals surface area contributed by atoms with Crippen molar-refractivity contribution in [2.45, 2.75) is 31.3 Å². The third kappa shape index (κ3) is 2.79. The van der Waals surface area contributed by atoms with Crippen LogP contribution in [-0.2, 0) is 12.3 Å². The maximum atomic E-state index is 5.98. The fourth-order valence-corrected chi connectivity index (χ4v) is 4.38. The second kappa shape index (κ2) is 5.94. The molecule has 0 unspecified atom stereocenters. The van der Waals surface area contributed by atoms with Crippen LogP contribution in [0.1, 0.15) is 18.3 Å². The van der Waals surface area contributed by atoms with Gasteiger partial charge in [-0.1, -0.05) is 11.8 Å². The van der Waals surface area contributed by atoms with Gasteiger partial charge in [-0.05, 0) is 41.2 Å². The number of thiophene rings is 1. The van der Waals surface area contributed by atoms with Crippen molar-refractivity contribution in [2.75, 3.05) is 5.73 Å². The Bertz CT molecular complexity index is 795. The third-order valence-electron chi connectivity index (χ3n) is 3.12. The second-order valence-electron chi connectivity index (χ2n) is 4.48. The second-order valence-corrected chi connectivity index (χ2v) is 7.11. The lowest BCUT2D eigenvalue weighted by Crippen LogP contribution is -2.02. The van der Waals surface area contributed by atoms with Gasteiger partial charge in [0.2, 0.25) is 0 Å². The van der Waals surface area contributed by atoms with E-state index in [0.717, 1.165) is 38.4 Å². The average molecular weight is 384 g/mol. The van der Waals surface area contributed by atoms with E-state index in [1.54, 1.807) is 23.1 Å². The highest BCUT2D eigenvalue weighted by molar-refractivity contribution is 9.10. The fraction of sp³-hybridized carbons (Fsp3) is 0.308. The molecular formula is C13H14BrN5S2. The van der Waals surface area contributed by atoms with Gasteiger partial charge in [-0.2, -0.15) is 5.10 Å². The zero-order valence-electron chi connectivity index (χ0n) is 11.6. The maximum absolute atomic E-state index is 5.98. The van der Waals surface area contributed by atoms with Gasteiger partial charge >= 0.3 is 0 Å². The van der Waals surface area contributed by atoms with Crippen LogP contribution in [0.25, 0.3) is 10.2 Å². The normalized spacial score (nSPS) is 11.4. The zero-order chi connectivity index (χ0) is 15.0. The molecular weight excluding hydrogens is 370 g/mol. The van der Waals surface area contributed by atoms with E-state index in [1.165, 1.54) is 0 Å². The number of thioether (sulfide) groups is 1. The summed E-state index contributed by atoms with van der Waals surface area (Å²) in [5.41, 5.74) is 8.12. The summed E-state index contributed by atoms with van der Waals surface area (Å²) < 4.78 is 3.06. The summed E-state index contributed by atoms with van der Waals surface area (Å²) in [7, 11) is 0. The highest BCUT2D eigenvalue weighted by Gasteiger charge is 2.14. The highest BCUT2D eigenvalue weighted by Crippen LogP contribution is 2.30. The number of aryl methyl sites for hydroxylation is 2. The number of anilines is 1. The standard InChI is InChI=1S/C13H14BrN5S2/c1-3-19-9(10(14)7(2)18-19)6-21-13-16-11(15)8-4-5-20-12(8)17-13/h4-5H,3,6H2,1-2H3,(H2,15,16,17). The Hall–Kier alpha value is -1.12. The van der Waals surface area contributed by atoms with E-state index in [0.29, 0.717) is 11.0 Å². The van der Waals surface area contributed by atoms with Crippen LogP contribution in [0.5, 0.6) is 0 Å². The van der Waals surface area contributed by atoms with Crippen LogP contribution < -0.4 is 5.73 Å². The topological polar surface area (TPSA) is 69.6 Å². The van der Waals surface area contributed by atoms with Crippen LogP contribution in [0.4, 0.5) is 5.82 Å². The minimum Gasteiger partial charge on any atom is -0.383 e. The number of hydrogen-bond donors (Lipinski definition) is 1. The smallest absolute Gasteiger partial charge is 0.191 e. The number of nitrogens with two attached hydrogens (primary N) is 1. The molecule has 0 aromatic carbocycles. The molecule has 3 rings (SSSR count). The average Bonchev–Trinajstić information content (AvgIpc) is 3.03. The summed E-state index contributed by atoms with van der Waals surface area (Å²) in [5.74, 6) is 1.30. The number of rotatable bonds is 4. The van der Waals surface area contributed by atoms with Gasteiger partial charge in [0, 0.05) is 12.3 Å². The summed E-state index contributed by atoms with van der Waals surface area (Å²) in [6, 6.07) is 1.95. The van der Waals surface area contributed by atoms with Crippen molar-refractivity contribution in [3.63, 3.8) is 0 Å². The van der Waals surface area contributed by atoms with Gasteiger partial charge in [0.15, 0.2) is 5.16 Å². The maximum Gasteiger partial charge on any atom is 0.191 e. The van der Waals surface area contributed by atoms with Gasteiger partial charge in [0.25, 0.3) is 0 Å². The van der Waals surface area contributed by atoms with E-state index in [1.807, 2.05) is 23.1 Å². The zero-order valence-corrected chi connectivity index (χ0v) is 14.8. The quantitative estimate of drug-likeness (QED) is 0.547. The van der Waals surface area contributed by atoms with E-state index < -0.39 is 0 Å². The minimum absolute atomic E-state index is 0.544. The first-order valence-corrected chi connectivity index (χ1v) is 9.11. The van der Waals surface area contributed by atoms with Gasteiger partial charge < -0.3 is 5.73 Å². The van der Waals surface area contributed by atoms with Crippen LogP contribution in [0.15, 0.2) is 21.1 Å². The van der Waals surface area contributed by atoms with Gasteiger partial charge in [-0.25, -0.2) is 9.97 Å². The summed E-state index contributed by atoms with van der Waals surface area (Å²) in [6.45, 7) is 4.92. The van der Waals surface area contributed by atoms with Gasteiger partial charge in [0.1, 0.15) is 10.6 Å². The summed E-state index contributed by atoms with van der Waals surface area (Å²) in [4.78, 5) is 9.85. The van der Waals surface area contributed by atoms with Crippen LogP contribution in [0.2, 0.25) is 0 Å². The first kappa shape index (κ1) is 14.8. The first-order valence-electron chi connectivity index (χ1n) is 6.45.